The van der Waals surface area contributed by atoms with Gasteiger partial charge in [-0.05, 0) is 49.4 Å². The third-order valence-corrected chi connectivity index (χ3v) is 4.76. The lowest BCUT2D eigenvalue weighted by molar-refractivity contribution is 0.355. The molecule has 0 fully saturated rings. The van der Waals surface area contributed by atoms with Crippen molar-refractivity contribution in [3.8, 4) is 22.8 Å². The van der Waals surface area contributed by atoms with Gasteiger partial charge in [0, 0.05) is 16.8 Å². The lowest BCUT2D eigenvalue weighted by Crippen LogP contribution is -2.04. The Hall–Kier alpha value is -3.94. The number of anilines is 3. The van der Waals surface area contributed by atoms with Gasteiger partial charge < -0.3 is 20.5 Å². The van der Waals surface area contributed by atoms with Gasteiger partial charge in [0.1, 0.15) is 11.3 Å². The number of methoxy groups -OCH3 is 2. The summed E-state index contributed by atoms with van der Waals surface area (Å²) in [5.41, 5.74) is 9.53. The number of halogens is 1. The molecule has 2 aromatic carbocycles. The predicted molar refractivity (Wildman–Crippen MR) is 115 cm³/mol. The van der Waals surface area contributed by atoms with Crippen LogP contribution in [0.15, 0.2) is 48.5 Å². The fourth-order valence-electron chi connectivity index (χ4n) is 3.15. The third-order valence-electron chi connectivity index (χ3n) is 4.76. The summed E-state index contributed by atoms with van der Waals surface area (Å²) in [6.07, 6.45) is 0. The van der Waals surface area contributed by atoms with E-state index in [9.17, 15) is 4.39 Å². The summed E-state index contributed by atoms with van der Waals surface area (Å²) < 4.78 is 24.6. The Morgan fingerprint density at radius 3 is 2.50 bits per heavy atom. The highest BCUT2D eigenvalue weighted by atomic mass is 19.1. The molecule has 0 saturated carbocycles. The molecule has 0 radical (unpaired) electrons. The van der Waals surface area contributed by atoms with Gasteiger partial charge in [-0.3, -0.25) is 0 Å². The molecule has 4 rings (SSSR count). The largest absolute Gasteiger partial charge is 0.493 e. The zero-order valence-electron chi connectivity index (χ0n) is 16.7. The Morgan fingerprint density at radius 1 is 0.933 bits per heavy atom. The van der Waals surface area contributed by atoms with Gasteiger partial charge >= 0.3 is 0 Å². The van der Waals surface area contributed by atoms with Gasteiger partial charge in [0.05, 0.1) is 25.4 Å². The fourth-order valence-corrected chi connectivity index (χ4v) is 3.15. The van der Waals surface area contributed by atoms with Crippen molar-refractivity contribution in [1.29, 1.82) is 0 Å². The highest BCUT2D eigenvalue weighted by Crippen LogP contribution is 2.33. The minimum atomic E-state index is -0.315. The number of nitrogen functional groups attached to an aromatic ring is 1. The predicted octanol–water partition coefficient (Wildman–Crippen LogP) is 4.48. The number of hydrogen-bond donors (Lipinski definition) is 2. The average molecular weight is 405 g/mol. The molecule has 0 amide bonds. The maximum atomic E-state index is 14.0. The van der Waals surface area contributed by atoms with Crippen LogP contribution in [0.25, 0.3) is 22.3 Å². The number of nitrogens with two attached hydrogens (primary N) is 1. The van der Waals surface area contributed by atoms with Gasteiger partial charge in [0.15, 0.2) is 17.3 Å². The van der Waals surface area contributed by atoms with Crippen LogP contribution in [0.5, 0.6) is 11.5 Å². The molecule has 4 aromatic rings. The van der Waals surface area contributed by atoms with Crippen LogP contribution in [0.1, 0.15) is 5.56 Å². The summed E-state index contributed by atoms with van der Waals surface area (Å²) in [6, 6.07) is 14.0. The van der Waals surface area contributed by atoms with Crippen LogP contribution < -0.4 is 20.5 Å². The van der Waals surface area contributed by atoms with Gasteiger partial charge in [0.2, 0.25) is 5.95 Å². The highest BCUT2D eigenvalue weighted by molar-refractivity contribution is 5.90. The second-order valence-electron chi connectivity index (χ2n) is 6.60. The summed E-state index contributed by atoms with van der Waals surface area (Å²) >= 11 is 0. The Labute approximate surface area is 172 Å². The Kier molecular flexibility index (Phi) is 5.05. The van der Waals surface area contributed by atoms with Crippen LogP contribution in [0.2, 0.25) is 0 Å². The van der Waals surface area contributed by atoms with E-state index < -0.39 is 0 Å². The van der Waals surface area contributed by atoms with Gasteiger partial charge in [0.25, 0.3) is 0 Å². The molecule has 0 bridgehead atoms. The van der Waals surface area contributed by atoms with Gasteiger partial charge in [-0.1, -0.05) is 6.07 Å². The molecule has 0 spiro atoms. The molecule has 0 unspecified atom stereocenters. The Balaban J connectivity index is 1.83. The topological polar surface area (TPSA) is 95.2 Å². The molecule has 2 aromatic heterocycles. The van der Waals surface area contributed by atoms with Gasteiger partial charge in [-0.2, -0.15) is 4.98 Å². The van der Waals surface area contributed by atoms with E-state index in [-0.39, 0.29) is 11.8 Å². The summed E-state index contributed by atoms with van der Waals surface area (Å²) in [4.78, 5) is 13.3. The van der Waals surface area contributed by atoms with Crippen LogP contribution in [0.4, 0.5) is 21.8 Å². The molecule has 0 atom stereocenters. The Bertz CT molecular complexity index is 1250. The number of pyridine rings is 1. The number of aromatic nitrogens is 3. The number of fused-ring (bicyclic) bond motifs is 1. The average Bonchev–Trinajstić information content (AvgIpc) is 2.76. The van der Waals surface area contributed by atoms with E-state index in [1.54, 1.807) is 33.3 Å². The summed E-state index contributed by atoms with van der Waals surface area (Å²) in [6.45, 7) is 1.69. The molecule has 3 N–H and O–H groups in total. The maximum absolute atomic E-state index is 14.0. The summed E-state index contributed by atoms with van der Waals surface area (Å²) in [7, 11) is 3.16. The van der Waals surface area contributed by atoms with Crippen LogP contribution in [-0.2, 0) is 0 Å². The first-order valence-corrected chi connectivity index (χ1v) is 9.19. The molecule has 152 valence electrons. The van der Waals surface area contributed by atoms with Gasteiger partial charge in [-0.25, -0.2) is 14.4 Å². The second-order valence-corrected chi connectivity index (χ2v) is 6.60. The molecule has 0 aliphatic carbocycles. The van der Waals surface area contributed by atoms with E-state index in [1.807, 2.05) is 30.3 Å². The number of nitrogens with one attached hydrogen (secondary N) is 1. The number of ether oxygens (including phenoxy) is 2. The smallest absolute Gasteiger partial charge is 0.222 e. The van der Waals surface area contributed by atoms with E-state index >= 15 is 0 Å². The van der Waals surface area contributed by atoms with Crippen LogP contribution in [0.3, 0.4) is 0 Å². The lowest BCUT2D eigenvalue weighted by Gasteiger charge is -2.13. The van der Waals surface area contributed by atoms with Crippen molar-refractivity contribution in [1.82, 2.24) is 15.0 Å². The van der Waals surface area contributed by atoms with Crippen molar-refractivity contribution in [3.63, 3.8) is 0 Å². The molecule has 0 aliphatic heterocycles. The number of nitrogens with zero attached hydrogens (tertiary/aromatic N) is 3. The normalized spacial score (nSPS) is 10.8. The highest BCUT2D eigenvalue weighted by Gasteiger charge is 2.13. The monoisotopic (exact) mass is 405 g/mol. The molecule has 0 aliphatic rings. The van der Waals surface area contributed by atoms with Crippen LogP contribution in [-0.4, -0.2) is 29.2 Å². The van der Waals surface area contributed by atoms with Gasteiger partial charge in [-0.15, -0.1) is 0 Å². The van der Waals surface area contributed by atoms with Crippen molar-refractivity contribution in [2.45, 2.75) is 6.92 Å². The van der Waals surface area contributed by atoms with Crippen molar-refractivity contribution in [3.05, 3.63) is 59.9 Å². The quantitative estimate of drug-likeness (QED) is 0.505. The first kappa shape index (κ1) is 19.4. The molecular weight excluding hydrogens is 385 g/mol. The van der Waals surface area contributed by atoms with E-state index in [4.69, 9.17) is 20.2 Å². The van der Waals surface area contributed by atoms with E-state index in [0.717, 1.165) is 5.56 Å². The van der Waals surface area contributed by atoms with Crippen LogP contribution in [0, 0.1) is 12.7 Å². The fraction of sp³-hybridized carbons (Fsp3) is 0.136. The molecular formula is C22H20FN5O2. The van der Waals surface area contributed by atoms with Crippen molar-refractivity contribution in [2.75, 3.05) is 25.3 Å². The first-order chi connectivity index (χ1) is 14.5. The van der Waals surface area contributed by atoms with E-state index in [2.05, 4.69) is 15.3 Å². The van der Waals surface area contributed by atoms with Crippen molar-refractivity contribution >= 4 is 28.5 Å². The summed E-state index contributed by atoms with van der Waals surface area (Å²) in [5, 5.41) is 3.14. The standard InChI is InChI=1S/C22H20FN5O2/c1-12-14(23)5-4-6-15(12)26-21-20-17(27-22(24)28-21)9-8-16(25-20)13-7-10-18(29-2)19(11-13)30-3/h4-11H,1-3H3,(H3,24,26,27,28). The zero-order chi connectivity index (χ0) is 21.3. The van der Waals surface area contributed by atoms with Crippen molar-refractivity contribution in [2.24, 2.45) is 0 Å². The van der Waals surface area contributed by atoms with Crippen molar-refractivity contribution < 1.29 is 13.9 Å². The SMILES string of the molecule is COc1ccc(-c2ccc3nc(N)nc(Nc4cccc(F)c4C)c3n2)cc1OC. The molecule has 30 heavy (non-hydrogen) atoms. The molecule has 8 heteroatoms. The minimum Gasteiger partial charge on any atom is -0.493 e. The zero-order valence-corrected chi connectivity index (χ0v) is 16.7. The number of hydrogen-bond acceptors (Lipinski definition) is 7. The number of benzene rings is 2. The third kappa shape index (κ3) is 3.55. The second kappa shape index (κ2) is 7.82. The molecule has 7 nitrogen and oxygen atoms in total. The summed E-state index contributed by atoms with van der Waals surface area (Å²) in [5.74, 6) is 1.40. The number of rotatable bonds is 5. The minimum absolute atomic E-state index is 0.0970. The van der Waals surface area contributed by atoms with Crippen LogP contribution >= 0.6 is 0 Å². The maximum Gasteiger partial charge on any atom is 0.222 e. The molecule has 0 saturated heterocycles. The lowest BCUT2D eigenvalue weighted by atomic mass is 10.1. The molecule has 2 heterocycles. The van der Waals surface area contributed by atoms with E-state index in [1.165, 1.54) is 6.07 Å². The first-order valence-electron chi connectivity index (χ1n) is 9.19. The Morgan fingerprint density at radius 2 is 1.73 bits per heavy atom. The van der Waals surface area contributed by atoms with E-state index in [0.29, 0.717) is 45.3 Å².